The standard InChI is InChI=1S/C25H31N3O4/c1-31-22-16-20(17-23(18-22)32-2)25(30)27-10-8-19(9-11-27)24(29)28-14-12-26(13-15-28)21-6-4-3-5-7-21/h3-7,16-19H,8-15H2,1-2H3. The molecule has 0 N–H and O–H groups in total. The minimum atomic E-state index is -0.0513. The first-order chi connectivity index (χ1) is 15.6. The molecule has 2 aromatic rings. The van der Waals surface area contributed by atoms with E-state index < -0.39 is 0 Å². The summed E-state index contributed by atoms with van der Waals surface area (Å²) in [4.78, 5) is 32.2. The zero-order valence-corrected chi connectivity index (χ0v) is 18.8. The van der Waals surface area contributed by atoms with Crippen LogP contribution < -0.4 is 14.4 Å². The Morgan fingerprint density at radius 1 is 0.781 bits per heavy atom. The van der Waals surface area contributed by atoms with E-state index >= 15 is 0 Å². The number of anilines is 1. The summed E-state index contributed by atoms with van der Waals surface area (Å²) in [6.45, 7) is 4.36. The highest BCUT2D eigenvalue weighted by Crippen LogP contribution is 2.26. The molecule has 2 fully saturated rings. The molecule has 2 aromatic carbocycles. The number of carbonyl (C=O) groups excluding carboxylic acids is 2. The maximum Gasteiger partial charge on any atom is 0.254 e. The van der Waals surface area contributed by atoms with E-state index in [1.807, 2.05) is 28.0 Å². The van der Waals surface area contributed by atoms with Gasteiger partial charge in [-0.3, -0.25) is 9.59 Å². The number of nitrogens with zero attached hydrogens (tertiary/aromatic N) is 3. The zero-order chi connectivity index (χ0) is 22.5. The van der Waals surface area contributed by atoms with Crippen LogP contribution in [0.4, 0.5) is 5.69 Å². The summed E-state index contributed by atoms with van der Waals surface area (Å²) in [5.41, 5.74) is 1.75. The van der Waals surface area contributed by atoms with Gasteiger partial charge in [-0.15, -0.1) is 0 Å². The summed E-state index contributed by atoms with van der Waals surface area (Å²) >= 11 is 0. The van der Waals surface area contributed by atoms with Crippen molar-refractivity contribution in [2.24, 2.45) is 5.92 Å². The Kier molecular flexibility index (Phi) is 6.83. The molecule has 2 amide bonds. The normalized spacial score (nSPS) is 17.2. The lowest BCUT2D eigenvalue weighted by atomic mass is 9.94. The minimum Gasteiger partial charge on any atom is -0.497 e. The monoisotopic (exact) mass is 437 g/mol. The summed E-state index contributed by atoms with van der Waals surface area (Å²) in [5, 5.41) is 0. The molecule has 0 saturated carbocycles. The summed E-state index contributed by atoms with van der Waals surface area (Å²) in [6, 6.07) is 15.5. The molecule has 170 valence electrons. The number of hydrogen-bond acceptors (Lipinski definition) is 5. The Morgan fingerprint density at radius 2 is 1.38 bits per heavy atom. The third-order valence-corrected chi connectivity index (χ3v) is 6.44. The Hall–Kier alpha value is -3.22. The van der Waals surface area contributed by atoms with Gasteiger partial charge in [0.25, 0.3) is 5.91 Å². The summed E-state index contributed by atoms with van der Waals surface area (Å²) in [5.74, 6) is 1.35. The lowest BCUT2D eigenvalue weighted by Crippen LogP contribution is -2.52. The number of rotatable bonds is 5. The topological polar surface area (TPSA) is 62.3 Å². The Bertz CT molecular complexity index is 911. The largest absolute Gasteiger partial charge is 0.497 e. The minimum absolute atomic E-state index is 0.0119. The zero-order valence-electron chi connectivity index (χ0n) is 18.8. The van der Waals surface area contributed by atoms with Gasteiger partial charge in [0.1, 0.15) is 11.5 Å². The van der Waals surface area contributed by atoms with Gasteiger partial charge in [0.2, 0.25) is 5.91 Å². The fourth-order valence-electron chi connectivity index (χ4n) is 4.53. The molecule has 2 aliphatic heterocycles. The van der Waals surface area contributed by atoms with E-state index in [0.29, 0.717) is 43.0 Å². The Balaban J connectivity index is 1.30. The van der Waals surface area contributed by atoms with Crippen LogP contribution >= 0.6 is 0 Å². The van der Waals surface area contributed by atoms with Crippen LogP contribution in [0.15, 0.2) is 48.5 Å². The Labute approximate surface area is 189 Å². The second-order valence-electron chi connectivity index (χ2n) is 8.32. The van der Waals surface area contributed by atoms with E-state index in [0.717, 1.165) is 26.2 Å². The van der Waals surface area contributed by atoms with Crippen molar-refractivity contribution >= 4 is 17.5 Å². The van der Waals surface area contributed by atoms with Crippen molar-refractivity contribution in [3.05, 3.63) is 54.1 Å². The quantitative estimate of drug-likeness (QED) is 0.720. The number of benzene rings is 2. The van der Waals surface area contributed by atoms with Gasteiger partial charge in [-0.2, -0.15) is 0 Å². The van der Waals surface area contributed by atoms with Gasteiger partial charge in [0.15, 0.2) is 0 Å². The summed E-state index contributed by atoms with van der Waals surface area (Å²) < 4.78 is 10.6. The average molecular weight is 438 g/mol. The maximum atomic E-state index is 13.1. The van der Waals surface area contributed by atoms with Gasteiger partial charge in [-0.1, -0.05) is 18.2 Å². The van der Waals surface area contributed by atoms with Crippen LogP contribution in [0, 0.1) is 5.92 Å². The molecule has 0 aliphatic carbocycles. The van der Waals surface area contributed by atoms with Crippen molar-refractivity contribution in [2.45, 2.75) is 12.8 Å². The van der Waals surface area contributed by atoms with Crippen LogP contribution in [0.1, 0.15) is 23.2 Å². The molecule has 0 spiro atoms. The molecule has 0 aromatic heterocycles. The number of hydrogen-bond donors (Lipinski definition) is 0. The molecule has 2 aliphatic rings. The van der Waals surface area contributed by atoms with Gasteiger partial charge < -0.3 is 24.2 Å². The number of methoxy groups -OCH3 is 2. The van der Waals surface area contributed by atoms with Crippen LogP contribution in [0.25, 0.3) is 0 Å². The first-order valence-electron chi connectivity index (χ1n) is 11.2. The van der Waals surface area contributed by atoms with E-state index in [-0.39, 0.29) is 17.7 Å². The fourth-order valence-corrected chi connectivity index (χ4v) is 4.53. The van der Waals surface area contributed by atoms with Crippen LogP contribution in [0.3, 0.4) is 0 Å². The van der Waals surface area contributed by atoms with Crippen molar-refractivity contribution in [3.8, 4) is 11.5 Å². The van der Waals surface area contributed by atoms with Crippen molar-refractivity contribution < 1.29 is 19.1 Å². The van der Waals surface area contributed by atoms with Gasteiger partial charge in [-0.25, -0.2) is 0 Å². The predicted octanol–water partition coefficient (Wildman–Crippen LogP) is 2.90. The average Bonchev–Trinajstić information content (AvgIpc) is 2.88. The third kappa shape index (κ3) is 4.82. The van der Waals surface area contributed by atoms with Crippen molar-refractivity contribution in [1.29, 1.82) is 0 Å². The van der Waals surface area contributed by atoms with E-state index in [9.17, 15) is 9.59 Å². The second kappa shape index (κ2) is 9.94. The molecule has 32 heavy (non-hydrogen) atoms. The molecule has 0 bridgehead atoms. The van der Waals surface area contributed by atoms with Crippen LogP contribution in [0.2, 0.25) is 0 Å². The van der Waals surface area contributed by atoms with Crippen LogP contribution in [-0.4, -0.2) is 75.1 Å². The number of ether oxygens (including phenoxy) is 2. The van der Waals surface area contributed by atoms with Crippen molar-refractivity contribution in [1.82, 2.24) is 9.80 Å². The molecule has 2 heterocycles. The van der Waals surface area contributed by atoms with Gasteiger partial charge >= 0.3 is 0 Å². The first-order valence-corrected chi connectivity index (χ1v) is 11.2. The molecule has 0 unspecified atom stereocenters. The first kappa shape index (κ1) is 22.0. The molecular formula is C25H31N3O4. The van der Waals surface area contributed by atoms with Crippen molar-refractivity contribution in [3.63, 3.8) is 0 Å². The van der Waals surface area contributed by atoms with E-state index in [2.05, 4.69) is 17.0 Å². The lowest BCUT2D eigenvalue weighted by molar-refractivity contribution is -0.137. The number of likely N-dealkylation sites (tertiary alicyclic amines) is 1. The highest BCUT2D eigenvalue weighted by Gasteiger charge is 2.32. The van der Waals surface area contributed by atoms with Gasteiger partial charge in [0.05, 0.1) is 14.2 Å². The van der Waals surface area contributed by atoms with Crippen LogP contribution in [0.5, 0.6) is 11.5 Å². The van der Waals surface area contributed by atoms with Gasteiger partial charge in [-0.05, 0) is 37.1 Å². The highest BCUT2D eigenvalue weighted by atomic mass is 16.5. The molecule has 2 saturated heterocycles. The number of piperidine rings is 1. The second-order valence-corrected chi connectivity index (χ2v) is 8.32. The number of carbonyl (C=O) groups is 2. The van der Waals surface area contributed by atoms with Gasteiger partial charge in [0, 0.05) is 62.5 Å². The van der Waals surface area contributed by atoms with E-state index in [1.54, 1.807) is 32.4 Å². The number of para-hydroxylation sites is 1. The fraction of sp³-hybridized carbons (Fsp3) is 0.440. The summed E-state index contributed by atoms with van der Waals surface area (Å²) in [7, 11) is 3.14. The van der Waals surface area contributed by atoms with E-state index in [4.69, 9.17) is 9.47 Å². The highest BCUT2D eigenvalue weighted by molar-refractivity contribution is 5.95. The molecular weight excluding hydrogens is 406 g/mol. The maximum absolute atomic E-state index is 13.1. The number of amides is 2. The molecule has 4 rings (SSSR count). The molecule has 0 atom stereocenters. The van der Waals surface area contributed by atoms with Crippen molar-refractivity contribution in [2.75, 3.05) is 58.4 Å². The van der Waals surface area contributed by atoms with Crippen LogP contribution in [-0.2, 0) is 4.79 Å². The lowest BCUT2D eigenvalue weighted by Gasteiger charge is -2.39. The summed E-state index contributed by atoms with van der Waals surface area (Å²) in [6.07, 6.45) is 1.40. The Morgan fingerprint density at radius 3 is 1.94 bits per heavy atom. The molecule has 7 nitrogen and oxygen atoms in total. The predicted molar refractivity (Wildman–Crippen MR) is 123 cm³/mol. The molecule has 7 heteroatoms. The smallest absolute Gasteiger partial charge is 0.254 e. The third-order valence-electron chi connectivity index (χ3n) is 6.44. The molecule has 0 radical (unpaired) electrons. The van der Waals surface area contributed by atoms with E-state index in [1.165, 1.54) is 5.69 Å². The SMILES string of the molecule is COc1cc(OC)cc(C(=O)N2CCC(C(=O)N3CCN(c4ccccc4)CC3)CC2)c1. The number of piperazine rings is 1.